The molecule has 0 saturated carbocycles. The number of rotatable bonds is 6. The van der Waals surface area contributed by atoms with Crippen molar-refractivity contribution < 1.29 is 17.9 Å². The average Bonchev–Trinajstić information content (AvgIpc) is 2.86. The van der Waals surface area contributed by atoms with Gasteiger partial charge in [0.25, 0.3) is 0 Å². The maximum absolute atomic E-state index is 12.4. The molecule has 0 aliphatic carbocycles. The van der Waals surface area contributed by atoms with Crippen molar-refractivity contribution in [3.8, 4) is 5.75 Å². The van der Waals surface area contributed by atoms with Crippen LogP contribution in [0.4, 0.5) is 18.9 Å². The van der Waals surface area contributed by atoms with E-state index in [0.29, 0.717) is 11.6 Å². The third-order valence-electron chi connectivity index (χ3n) is 3.58. The van der Waals surface area contributed by atoms with E-state index in [9.17, 15) is 13.2 Å². The van der Waals surface area contributed by atoms with E-state index in [2.05, 4.69) is 17.0 Å². The van der Waals surface area contributed by atoms with Crippen molar-refractivity contribution in [2.75, 3.05) is 31.1 Å². The van der Waals surface area contributed by atoms with Crippen molar-refractivity contribution >= 4 is 5.69 Å². The minimum Gasteiger partial charge on any atom is -0.404 e. The predicted octanol–water partition coefficient (Wildman–Crippen LogP) is 3.41. The van der Waals surface area contributed by atoms with E-state index in [1.807, 2.05) is 4.90 Å². The second kappa shape index (κ2) is 7.02. The molecule has 1 heterocycles. The number of benzene rings is 1. The molecule has 1 aliphatic heterocycles. The fraction of sp³-hybridized carbons (Fsp3) is 0.600. The first-order valence-corrected chi connectivity index (χ1v) is 7.30. The van der Waals surface area contributed by atoms with Crippen LogP contribution in [0.25, 0.3) is 0 Å². The molecule has 3 nitrogen and oxygen atoms in total. The molecule has 1 aromatic carbocycles. The fourth-order valence-corrected chi connectivity index (χ4v) is 2.63. The quantitative estimate of drug-likeness (QED) is 0.815. The maximum Gasteiger partial charge on any atom is 0.573 e. The van der Waals surface area contributed by atoms with E-state index in [4.69, 9.17) is 0 Å². The van der Waals surface area contributed by atoms with Gasteiger partial charge < -0.3 is 15.0 Å². The van der Waals surface area contributed by atoms with Crippen molar-refractivity contribution in [1.82, 2.24) is 5.32 Å². The topological polar surface area (TPSA) is 24.5 Å². The Morgan fingerprint density at radius 3 is 2.81 bits per heavy atom. The van der Waals surface area contributed by atoms with Gasteiger partial charge >= 0.3 is 6.36 Å². The van der Waals surface area contributed by atoms with Gasteiger partial charge in [0.2, 0.25) is 0 Å². The Bertz CT molecular complexity index is 451. The van der Waals surface area contributed by atoms with E-state index >= 15 is 0 Å². The zero-order valence-electron chi connectivity index (χ0n) is 12.1. The molecule has 0 spiro atoms. The Morgan fingerprint density at radius 1 is 1.33 bits per heavy atom. The number of nitrogens with one attached hydrogen (secondary N) is 1. The summed E-state index contributed by atoms with van der Waals surface area (Å²) >= 11 is 0. The molecule has 0 radical (unpaired) electrons. The number of hydrogen-bond acceptors (Lipinski definition) is 3. The van der Waals surface area contributed by atoms with Crippen molar-refractivity contribution in [2.24, 2.45) is 5.92 Å². The van der Waals surface area contributed by atoms with Crippen LogP contribution >= 0.6 is 0 Å². The van der Waals surface area contributed by atoms with Crippen molar-refractivity contribution in [2.45, 2.75) is 26.1 Å². The van der Waals surface area contributed by atoms with Crippen molar-refractivity contribution in [1.29, 1.82) is 0 Å². The number of para-hydroxylation sites is 2. The van der Waals surface area contributed by atoms with Gasteiger partial charge in [0.05, 0.1) is 5.69 Å². The van der Waals surface area contributed by atoms with Gasteiger partial charge in [-0.3, -0.25) is 0 Å². The molecule has 1 saturated heterocycles. The van der Waals surface area contributed by atoms with Crippen LogP contribution in [-0.2, 0) is 0 Å². The van der Waals surface area contributed by atoms with Crippen molar-refractivity contribution in [3.63, 3.8) is 0 Å². The molecule has 0 bridgehead atoms. The van der Waals surface area contributed by atoms with Crippen molar-refractivity contribution in [3.05, 3.63) is 24.3 Å². The lowest BCUT2D eigenvalue weighted by Gasteiger charge is -2.22. The molecule has 2 rings (SSSR count). The van der Waals surface area contributed by atoms with Crippen LogP contribution in [0.1, 0.15) is 19.8 Å². The van der Waals surface area contributed by atoms with Crippen LogP contribution in [0.5, 0.6) is 5.75 Å². The number of nitrogens with zero attached hydrogens (tertiary/aromatic N) is 1. The average molecular weight is 302 g/mol. The highest BCUT2D eigenvalue weighted by Crippen LogP contribution is 2.35. The van der Waals surface area contributed by atoms with Gasteiger partial charge in [0.15, 0.2) is 5.75 Å². The Kier molecular flexibility index (Phi) is 5.33. The molecule has 1 atom stereocenters. The molecule has 118 valence electrons. The molecule has 21 heavy (non-hydrogen) atoms. The highest BCUT2D eigenvalue weighted by atomic mass is 19.4. The molecule has 0 amide bonds. The summed E-state index contributed by atoms with van der Waals surface area (Å²) in [4.78, 5) is 1.97. The van der Waals surface area contributed by atoms with Crippen LogP contribution in [0.3, 0.4) is 0 Å². The van der Waals surface area contributed by atoms with Gasteiger partial charge in [0, 0.05) is 13.1 Å². The van der Waals surface area contributed by atoms with Crippen LogP contribution in [0, 0.1) is 5.92 Å². The third kappa shape index (κ3) is 4.81. The fourth-order valence-electron chi connectivity index (χ4n) is 2.63. The molecule has 6 heteroatoms. The molecular weight excluding hydrogens is 281 g/mol. The Balaban J connectivity index is 1.99. The SMILES string of the molecule is CCCNCC1CCN(c2ccccc2OC(F)(F)F)C1. The van der Waals surface area contributed by atoms with Crippen LogP contribution < -0.4 is 15.0 Å². The van der Waals surface area contributed by atoms with Gasteiger partial charge in [-0.05, 0) is 44.0 Å². The number of ether oxygens (including phenoxy) is 1. The van der Waals surface area contributed by atoms with Crippen LogP contribution in [-0.4, -0.2) is 32.5 Å². The zero-order chi connectivity index (χ0) is 15.3. The minimum absolute atomic E-state index is 0.118. The molecule has 1 aliphatic rings. The lowest BCUT2D eigenvalue weighted by molar-refractivity contribution is -0.274. The predicted molar refractivity (Wildman–Crippen MR) is 76.6 cm³/mol. The third-order valence-corrected chi connectivity index (χ3v) is 3.58. The highest BCUT2D eigenvalue weighted by molar-refractivity contribution is 5.59. The summed E-state index contributed by atoms with van der Waals surface area (Å²) < 4.78 is 41.4. The zero-order valence-corrected chi connectivity index (χ0v) is 12.1. The smallest absolute Gasteiger partial charge is 0.404 e. The maximum atomic E-state index is 12.4. The van der Waals surface area contributed by atoms with E-state index in [1.54, 1.807) is 18.2 Å². The largest absolute Gasteiger partial charge is 0.573 e. The molecule has 1 fully saturated rings. The van der Waals surface area contributed by atoms with Crippen LogP contribution in [0.2, 0.25) is 0 Å². The number of hydrogen-bond donors (Lipinski definition) is 1. The highest BCUT2D eigenvalue weighted by Gasteiger charge is 2.33. The first-order chi connectivity index (χ1) is 9.99. The molecular formula is C15H21F3N2O. The summed E-state index contributed by atoms with van der Waals surface area (Å²) in [5.74, 6) is 0.350. The standard InChI is InChI=1S/C15H21F3N2O/c1-2-8-19-10-12-7-9-20(11-12)13-5-3-4-6-14(13)21-15(16,17)18/h3-6,12,19H,2,7-11H2,1H3. The first-order valence-electron chi connectivity index (χ1n) is 7.30. The Morgan fingerprint density at radius 2 is 2.10 bits per heavy atom. The minimum atomic E-state index is -4.65. The van der Waals surface area contributed by atoms with Crippen LogP contribution in [0.15, 0.2) is 24.3 Å². The van der Waals surface area contributed by atoms with E-state index < -0.39 is 6.36 Å². The molecule has 1 aromatic rings. The second-order valence-corrected chi connectivity index (χ2v) is 5.32. The number of halogens is 3. The number of alkyl halides is 3. The normalized spacial score (nSPS) is 19.0. The monoisotopic (exact) mass is 302 g/mol. The molecule has 1 N–H and O–H groups in total. The summed E-state index contributed by atoms with van der Waals surface area (Å²) in [5, 5.41) is 3.36. The van der Waals surface area contributed by atoms with Gasteiger partial charge in [-0.1, -0.05) is 19.1 Å². The summed E-state index contributed by atoms with van der Waals surface area (Å²) in [6.07, 6.45) is -2.59. The van der Waals surface area contributed by atoms with E-state index in [0.717, 1.165) is 39.0 Å². The summed E-state index contributed by atoms with van der Waals surface area (Å²) in [5.41, 5.74) is 0.521. The summed E-state index contributed by atoms with van der Waals surface area (Å²) in [6, 6.07) is 6.34. The lowest BCUT2D eigenvalue weighted by atomic mass is 10.1. The Labute approximate surface area is 123 Å². The first kappa shape index (κ1) is 15.9. The lowest BCUT2D eigenvalue weighted by Crippen LogP contribution is -2.27. The van der Waals surface area contributed by atoms with Gasteiger partial charge in [0.1, 0.15) is 0 Å². The van der Waals surface area contributed by atoms with Gasteiger partial charge in [-0.25, -0.2) is 0 Å². The van der Waals surface area contributed by atoms with Gasteiger partial charge in [-0.2, -0.15) is 0 Å². The van der Waals surface area contributed by atoms with E-state index in [-0.39, 0.29) is 5.75 Å². The molecule has 0 aromatic heterocycles. The number of anilines is 1. The summed E-state index contributed by atoms with van der Waals surface area (Å²) in [6.45, 7) is 5.52. The van der Waals surface area contributed by atoms with E-state index in [1.165, 1.54) is 6.07 Å². The summed E-state index contributed by atoms with van der Waals surface area (Å²) in [7, 11) is 0. The Hall–Kier alpha value is -1.43. The van der Waals surface area contributed by atoms with Gasteiger partial charge in [-0.15, -0.1) is 13.2 Å². The molecule has 1 unspecified atom stereocenters. The second-order valence-electron chi connectivity index (χ2n) is 5.32.